The van der Waals surface area contributed by atoms with E-state index < -0.39 is 5.60 Å². The van der Waals surface area contributed by atoms with Crippen LogP contribution in [0.25, 0.3) is 0 Å². The van der Waals surface area contributed by atoms with E-state index >= 15 is 0 Å². The number of phenols is 1. The van der Waals surface area contributed by atoms with Gasteiger partial charge in [0.1, 0.15) is 5.75 Å². The molecular weight excluding hydrogens is 212 g/mol. The molecule has 2 nitrogen and oxygen atoms in total. The third-order valence-corrected chi connectivity index (χ3v) is 4.14. The number of rotatable bonds is 4. The van der Waals surface area contributed by atoms with Crippen molar-refractivity contribution in [2.45, 2.75) is 51.0 Å². The molecule has 0 saturated heterocycles. The Balaban J connectivity index is 2.03. The van der Waals surface area contributed by atoms with Crippen molar-refractivity contribution in [3.8, 4) is 5.75 Å². The highest BCUT2D eigenvalue weighted by Crippen LogP contribution is 2.41. The van der Waals surface area contributed by atoms with Crippen LogP contribution < -0.4 is 0 Å². The summed E-state index contributed by atoms with van der Waals surface area (Å²) in [6.45, 7) is 4.07. The average molecular weight is 234 g/mol. The molecule has 0 heterocycles. The lowest BCUT2D eigenvalue weighted by Gasteiger charge is -2.40. The molecule has 1 fully saturated rings. The molecule has 1 aliphatic carbocycles. The van der Waals surface area contributed by atoms with Crippen molar-refractivity contribution < 1.29 is 10.2 Å². The van der Waals surface area contributed by atoms with Gasteiger partial charge in [0.15, 0.2) is 0 Å². The molecule has 1 saturated carbocycles. The maximum absolute atomic E-state index is 10.5. The molecule has 2 heteroatoms. The Hall–Kier alpha value is -1.02. The molecule has 2 N–H and O–H groups in total. The van der Waals surface area contributed by atoms with Crippen molar-refractivity contribution in [1.29, 1.82) is 0 Å². The third-order valence-electron chi connectivity index (χ3n) is 4.14. The van der Waals surface area contributed by atoms with Crippen molar-refractivity contribution in [3.63, 3.8) is 0 Å². The van der Waals surface area contributed by atoms with Gasteiger partial charge in [-0.1, -0.05) is 25.5 Å². The van der Waals surface area contributed by atoms with Crippen LogP contribution in [0.15, 0.2) is 24.3 Å². The number of aliphatic hydroxyl groups is 1. The summed E-state index contributed by atoms with van der Waals surface area (Å²) >= 11 is 0. The fourth-order valence-electron chi connectivity index (χ4n) is 2.77. The number of hydrogen-bond donors (Lipinski definition) is 2. The standard InChI is InChI=1S/C15H22O2/c1-11(12-5-3-8-14(16)9-12)10-15(2,17)13-6-4-7-13/h3,5,8-9,11,13,16-17H,4,6-7,10H2,1-2H3. The summed E-state index contributed by atoms with van der Waals surface area (Å²) in [5.41, 5.74) is 0.535. The minimum absolute atomic E-state index is 0.276. The van der Waals surface area contributed by atoms with Crippen LogP contribution in [0, 0.1) is 5.92 Å². The van der Waals surface area contributed by atoms with Crippen LogP contribution in [-0.2, 0) is 0 Å². The van der Waals surface area contributed by atoms with Gasteiger partial charge in [-0.2, -0.15) is 0 Å². The normalized spacial score (nSPS) is 21.6. The quantitative estimate of drug-likeness (QED) is 0.837. The van der Waals surface area contributed by atoms with Crippen LogP contribution >= 0.6 is 0 Å². The van der Waals surface area contributed by atoms with E-state index in [1.54, 1.807) is 12.1 Å². The van der Waals surface area contributed by atoms with Crippen LogP contribution in [-0.4, -0.2) is 15.8 Å². The van der Waals surface area contributed by atoms with Crippen molar-refractivity contribution >= 4 is 0 Å². The molecule has 1 aliphatic rings. The van der Waals surface area contributed by atoms with Gasteiger partial charge in [0, 0.05) is 0 Å². The van der Waals surface area contributed by atoms with E-state index in [4.69, 9.17) is 0 Å². The minimum Gasteiger partial charge on any atom is -0.508 e. The first-order valence-electron chi connectivity index (χ1n) is 6.50. The second-order valence-corrected chi connectivity index (χ2v) is 5.69. The predicted molar refractivity (Wildman–Crippen MR) is 69.1 cm³/mol. The molecule has 2 rings (SSSR count). The molecule has 0 radical (unpaired) electrons. The highest BCUT2D eigenvalue weighted by atomic mass is 16.3. The zero-order valence-corrected chi connectivity index (χ0v) is 10.7. The second kappa shape index (κ2) is 4.69. The van der Waals surface area contributed by atoms with Gasteiger partial charge in [-0.3, -0.25) is 0 Å². The van der Waals surface area contributed by atoms with Crippen molar-refractivity contribution in [2.75, 3.05) is 0 Å². The average Bonchev–Trinajstić information content (AvgIpc) is 2.13. The van der Waals surface area contributed by atoms with Gasteiger partial charge < -0.3 is 10.2 Å². The van der Waals surface area contributed by atoms with Gasteiger partial charge in [0.05, 0.1) is 5.60 Å². The molecule has 0 spiro atoms. The van der Waals surface area contributed by atoms with E-state index in [1.165, 1.54) is 6.42 Å². The zero-order valence-electron chi connectivity index (χ0n) is 10.7. The van der Waals surface area contributed by atoms with Crippen molar-refractivity contribution in [1.82, 2.24) is 0 Å². The van der Waals surface area contributed by atoms with Crippen LogP contribution in [0.4, 0.5) is 0 Å². The summed E-state index contributed by atoms with van der Waals surface area (Å²) in [5.74, 6) is 1.04. The van der Waals surface area contributed by atoms with Crippen molar-refractivity contribution in [3.05, 3.63) is 29.8 Å². The fraction of sp³-hybridized carbons (Fsp3) is 0.600. The lowest BCUT2D eigenvalue weighted by molar-refractivity contribution is -0.0450. The van der Waals surface area contributed by atoms with Gasteiger partial charge in [-0.05, 0) is 55.7 Å². The van der Waals surface area contributed by atoms with Gasteiger partial charge >= 0.3 is 0 Å². The molecule has 2 atom stereocenters. The van der Waals surface area contributed by atoms with Crippen LogP contribution in [0.5, 0.6) is 5.75 Å². The SMILES string of the molecule is CC(CC(C)(O)C1CCC1)c1cccc(O)c1. The Kier molecular flexibility index (Phi) is 3.43. The summed E-state index contributed by atoms with van der Waals surface area (Å²) < 4.78 is 0. The van der Waals surface area contributed by atoms with Crippen LogP contribution in [0.1, 0.15) is 51.0 Å². The first kappa shape index (κ1) is 12.4. The highest BCUT2D eigenvalue weighted by Gasteiger charge is 2.37. The second-order valence-electron chi connectivity index (χ2n) is 5.69. The summed E-state index contributed by atoms with van der Waals surface area (Å²) in [5, 5.41) is 19.9. The Morgan fingerprint density at radius 1 is 1.41 bits per heavy atom. The molecule has 0 aromatic heterocycles. The first-order valence-corrected chi connectivity index (χ1v) is 6.50. The largest absolute Gasteiger partial charge is 0.508 e. The first-order chi connectivity index (χ1) is 7.99. The topological polar surface area (TPSA) is 40.5 Å². The van der Waals surface area contributed by atoms with Gasteiger partial charge in [0.25, 0.3) is 0 Å². The number of aromatic hydroxyl groups is 1. The van der Waals surface area contributed by atoms with Gasteiger partial charge in [-0.25, -0.2) is 0 Å². The van der Waals surface area contributed by atoms with E-state index in [0.717, 1.165) is 24.8 Å². The molecule has 0 bridgehead atoms. The van der Waals surface area contributed by atoms with Gasteiger partial charge in [-0.15, -0.1) is 0 Å². The summed E-state index contributed by atoms with van der Waals surface area (Å²) in [6.07, 6.45) is 4.32. The smallest absolute Gasteiger partial charge is 0.115 e. The molecule has 2 unspecified atom stereocenters. The number of phenolic OH excluding ortho intramolecular Hbond substituents is 1. The van der Waals surface area contributed by atoms with E-state index in [-0.39, 0.29) is 5.92 Å². The Labute approximate surface area is 103 Å². The van der Waals surface area contributed by atoms with Crippen LogP contribution in [0.2, 0.25) is 0 Å². The lowest BCUT2D eigenvalue weighted by Crippen LogP contribution is -2.39. The lowest BCUT2D eigenvalue weighted by atomic mass is 9.70. The molecular formula is C15H22O2. The van der Waals surface area contributed by atoms with E-state index in [9.17, 15) is 10.2 Å². The molecule has 17 heavy (non-hydrogen) atoms. The molecule has 94 valence electrons. The van der Waals surface area contributed by atoms with Crippen molar-refractivity contribution in [2.24, 2.45) is 5.92 Å². The maximum Gasteiger partial charge on any atom is 0.115 e. The van der Waals surface area contributed by atoms with E-state index in [2.05, 4.69) is 6.92 Å². The monoisotopic (exact) mass is 234 g/mol. The summed E-state index contributed by atoms with van der Waals surface area (Å²) in [7, 11) is 0. The summed E-state index contributed by atoms with van der Waals surface area (Å²) in [4.78, 5) is 0. The predicted octanol–water partition coefficient (Wildman–Crippen LogP) is 3.44. The fourth-order valence-corrected chi connectivity index (χ4v) is 2.77. The number of hydrogen-bond acceptors (Lipinski definition) is 2. The highest BCUT2D eigenvalue weighted by molar-refractivity contribution is 5.29. The molecule has 1 aromatic carbocycles. The third kappa shape index (κ3) is 2.81. The maximum atomic E-state index is 10.5. The van der Waals surface area contributed by atoms with Gasteiger partial charge in [0.2, 0.25) is 0 Å². The zero-order chi connectivity index (χ0) is 12.5. The molecule has 1 aromatic rings. The molecule has 0 amide bonds. The Morgan fingerprint density at radius 2 is 2.12 bits per heavy atom. The summed E-state index contributed by atoms with van der Waals surface area (Å²) in [6, 6.07) is 7.35. The number of benzene rings is 1. The molecule has 0 aliphatic heterocycles. The Morgan fingerprint density at radius 3 is 2.65 bits per heavy atom. The van der Waals surface area contributed by atoms with E-state index in [1.807, 2.05) is 19.1 Å². The Bertz CT molecular complexity index is 380. The van der Waals surface area contributed by atoms with E-state index in [0.29, 0.717) is 11.7 Å². The van der Waals surface area contributed by atoms with Crippen LogP contribution in [0.3, 0.4) is 0 Å². The minimum atomic E-state index is -0.566.